The fourth-order valence-electron chi connectivity index (χ4n) is 2.52. The van der Waals surface area contributed by atoms with Crippen LogP contribution in [0.4, 0.5) is 5.13 Å². The number of aliphatic imine (C=N–C) groups is 1. The Labute approximate surface area is 147 Å². The molecule has 0 amide bonds. The normalized spacial score (nSPS) is 14.3. The van der Waals surface area contributed by atoms with Gasteiger partial charge >= 0.3 is 0 Å². The van der Waals surface area contributed by atoms with Gasteiger partial charge in [-0.3, -0.25) is 9.67 Å². The number of aryl methyl sites for hydroxylation is 2. The summed E-state index contributed by atoms with van der Waals surface area (Å²) in [5.41, 5.74) is 3.95. The van der Waals surface area contributed by atoms with Gasteiger partial charge in [0.15, 0.2) is 11.1 Å². The third kappa shape index (κ3) is 2.92. The molecule has 1 aliphatic rings. The van der Waals surface area contributed by atoms with Gasteiger partial charge in [0.1, 0.15) is 16.4 Å². The number of thiazole rings is 2. The number of aromatic nitrogens is 4. The van der Waals surface area contributed by atoms with E-state index in [0.717, 1.165) is 58.3 Å². The van der Waals surface area contributed by atoms with Crippen molar-refractivity contribution in [1.29, 1.82) is 0 Å². The highest BCUT2D eigenvalue weighted by Crippen LogP contribution is 2.31. The van der Waals surface area contributed by atoms with E-state index in [9.17, 15) is 0 Å². The average molecular weight is 359 g/mol. The molecule has 0 unspecified atom stereocenters. The molecule has 0 radical (unpaired) electrons. The van der Waals surface area contributed by atoms with Gasteiger partial charge < -0.3 is 10.6 Å². The third-order valence-corrected chi connectivity index (χ3v) is 5.32. The number of nitrogens with one attached hydrogen (secondary N) is 2. The molecule has 0 spiro atoms. The van der Waals surface area contributed by atoms with Crippen LogP contribution in [0.5, 0.6) is 0 Å². The zero-order valence-corrected chi connectivity index (χ0v) is 15.0. The minimum absolute atomic E-state index is 0.798. The molecule has 9 heteroatoms. The predicted molar refractivity (Wildman–Crippen MR) is 98.7 cm³/mol. The lowest BCUT2D eigenvalue weighted by molar-refractivity contribution is 0.740. The highest BCUT2D eigenvalue weighted by Gasteiger charge is 2.15. The van der Waals surface area contributed by atoms with Crippen LogP contribution >= 0.6 is 22.7 Å². The third-order valence-electron chi connectivity index (χ3n) is 3.72. The van der Waals surface area contributed by atoms with Gasteiger partial charge in [-0.2, -0.15) is 5.10 Å². The van der Waals surface area contributed by atoms with Crippen molar-refractivity contribution in [3.63, 3.8) is 0 Å². The molecule has 3 aromatic rings. The number of hydrogen-bond donors (Lipinski definition) is 2. The van der Waals surface area contributed by atoms with Crippen molar-refractivity contribution in [2.45, 2.75) is 13.3 Å². The van der Waals surface area contributed by atoms with Gasteiger partial charge in [-0.15, -0.1) is 22.7 Å². The summed E-state index contributed by atoms with van der Waals surface area (Å²) in [6, 6.07) is 0. The molecule has 124 valence electrons. The zero-order valence-electron chi connectivity index (χ0n) is 13.4. The van der Waals surface area contributed by atoms with Crippen LogP contribution in [0.2, 0.25) is 0 Å². The van der Waals surface area contributed by atoms with E-state index in [4.69, 9.17) is 4.98 Å². The molecule has 0 aromatic carbocycles. The Morgan fingerprint density at radius 1 is 1.21 bits per heavy atom. The molecule has 0 fully saturated rings. The van der Waals surface area contributed by atoms with Gasteiger partial charge in [0.05, 0.1) is 11.9 Å². The van der Waals surface area contributed by atoms with Crippen molar-refractivity contribution in [2.75, 3.05) is 18.4 Å². The Kier molecular flexibility index (Phi) is 4.03. The van der Waals surface area contributed by atoms with Crippen LogP contribution in [0.3, 0.4) is 0 Å². The molecule has 0 saturated carbocycles. The standard InChI is InChI=1S/C15H17N7S2/c1-9-6-18-22(2)12(9)13-19-10(7-23-13)11-8-24-15(20-11)21-14-16-4-3-5-17-14/h6-8H,3-5H2,1-2H3,(H2,16,17,20,21). The van der Waals surface area contributed by atoms with E-state index >= 15 is 0 Å². The smallest absolute Gasteiger partial charge is 0.197 e. The second-order valence-corrected chi connectivity index (χ2v) is 7.23. The maximum atomic E-state index is 4.73. The molecule has 0 aliphatic carbocycles. The number of anilines is 1. The van der Waals surface area contributed by atoms with Gasteiger partial charge in [0.25, 0.3) is 0 Å². The lowest BCUT2D eigenvalue weighted by atomic mass is 10.3. The number of rotatable bonds is 3. The van der Waals surface area contributed by atoms with Crippen molar-refractivity contribution in [3.05, 3.63) is 22.5 Å². The SMILES string of the molecule is Cc1cnn(C)c1-c1nc(-c2csc(NC3=NCCCN3)n2)cs1. The van der Waals surface area contributed by atoms with Crippen molar-refractivity contribution < 1.29 is 0 Å². The molecule has 1 aliphatic heterocycles. The van der Waals surface area contributed by atoms with Crippen LogP contribution in [-0.4, -0.2) is 38.8 Å². The van der Waals surface area contributed by atoms with Crippen LogP contribution in [0.15, 0.2) is 21.9 Å². The molecular formula is C15H17N7S2. The summed E-state index contributed by atoms with van der Waals surface area (Å²) in [6.07, 6.45) is 2.93. The van der Waals surface area contributed by atoms with E-state index in [1.807, 2.05) is 35.6 Å². The van der Waals surface area contributed by atoms with E-state index in [2.05, 4.69) is 25.7 Å². The van der Waals surface area contributed by atoms with Crippen molar-refractivity contribution in [2.24, 2.45) is 12.0 Å². The number of hydrogen-bond acceptors (Lipinski definition) is 8. The first-order chi connectivity index (χ1) is 11.7. The Bertz CT molecular complexity index is 870. The molecule has 4 rings (SSSR count). The summed E-state index contributed by atoms with van der Waals surface area (Å²) in [5, 5.41) is 16.6. The second-order valence-electron chi connectivity index (χ2n) is 5.51. The van der Waals surface area contributed by atoms with Crippen molar-refractivity contribution in [1.82, 2.24) is 25.1 Å². The highest BCUT2D eigenvalue weighted by atomic mass is 32.1. The first-order valence-electron chi connectivity index (χ1n) is 7.66. The van der Waals surface area contributed by atoms with E-state index < -0.39 is 0 Å². The largest absolute Gasteiger partial charge is 0.356 e. The van der Waals surface area contributed by atoms with Gasteiger partial charge in [0, 0.05) is 30.9 Å². The molecular weight excluding hydrogens is 342 g/mol. The Morgan fingerprint density at radius 2 is 2.04 bits per heavy atom. The summed E-state index contributed by atoms with van der Waals surface area (Å²) in [5.74, 6) is 0.798. The minimum atomic E-state index is 0.798. The highest BCUT2D eigenvalue weighted by molar-refractivity contribution is 7.14. The average Bonchev–Trinajstić information content (AvgIpc) is 3.29. The van der Waals surface area contributed by atoms with Gasteiger partial charge in [-0.05, 0) is 18.9 Å². The summed E-state index contributed by atoms with van der Waals surface area (Å²) in [6.45, 7) is 3.85. The fraction of sp³-hybridized carbons (Fsp3) is 0.333. The number of nitrogens with zero attached hydrogens (tertiary/aromatic N) is 5. The van der Waals surface area contributed by atoms with Crippen LogP contribution < -0.4 is 10.6 Å². The molecule has 2 N–H and O–H groups in total. The predicted octanol–water partition coefficient (Wildman–Crippen LogP) is 2.74. The summed E-state index contributed by atoms with van der Waals surface area (Å²) >= 11 is 3.17. The molecule has 7 nitrogen and oxygen atoms in total. The van der Waals surface area contributed by atoms with Crippen LogP contribution in [0.25, 0.3) is 22.1 Å². The quantitative estimate of drug-likeness (QED) is 0.752. The molecule has 0 bridgehead atoms. The van der Waals surface area contributed by atoms with Gasteiger partial charge in [-0.25, -0.2) is 9.97 Å². The molecule has 24 heavy (non-hydrogen) atoms. The van der Waals surface area contributed by atoms with Crippen molar-refractivity contribution >= 4 is 33.8 Å². The number of guanidine groups is 1. The van der Waals surface area contributed by atoms with E-state index in [1.54, 1.807) is 22.7 Å². The van der Waals surface area contributed by atoms with Crippen molar-refractivity contribution in [3.8, 4) is 22.1 Å². The Balaban J connectivity index is 1.56. The summed E-state index contributed by atoms with van der Waals surface area (Å²) < 4.78 is 1.86. The Morgan fingerprint density at radius 3 is 2.79 bits per heavy atom. The zero-order chi connectivity index (χ0) is 16.5. The maximum Gasteiger partial charge on any atom is 0.197 e. The van der Waals surface area contributed by atoms with Crippen LogP contribution in [0, 0.1) is 6.92 Å². The summed E-state index contributed by atoms with van der Waals surface area (Å²) in [7, 11) is 1.94. The topological polar surface area (TPSA) is 80.0 Å². The van der Waals surface area contributed by atoms with Gasteiger partial charge in [0.2, 0.25) is 0 Å². The molecule has 0 saturated heterocycles. The molecule has 3 aromatic heterocycles. The maximum absolute atomic E-state index is 4.73. The Hall–Kier alpha value is -2.26. The van der Waals surface area contributed by atoms with E-state index in [-0.39, 0.29) is 0 Å². The first-order valence-corrected chi connectivity index (χ1v) is 9.42. The minimum Gasteiger partial charge on any atom is -0.356 e. The van der Waals surface area contributed by atoms with Crippen LogP contribution in [-0.2, 0) is 7.05 Å². The van der Waals surface area contributed by atoms with Crippen LogP contribution in [0.1, 0.15) is 12.0 Å². The second kappa shape index (κ2) is 6.33. The van der Waals surface area contributed by atoms with E-state index in [0.29, 0.717) is 0 Å². The molecule has 4 heterocycles. The van der Waals surface area contributed by atoms with Gasteiger partial charge in [-0.1, -0.05) is 0 Å². The first kappa shape index (κ1) is 15.3. The lowest BCUT2D eigenvalue weighted by Gasteiger charge is -2.13. The van der Waals surface area contributed by atoms with E-state index in [1.165, 1.54) is 0 Å². The lowest BCUT2D eigenvalue weighted by Crippen LogP contribution is -2.35. The summed E-state index contributed by atoms with van der Waals surface area (Å²) in [4.78, 5) is 13.8. The molecule has 0 atom stereocenters. The monoisotopic (exact) mass is 359 g/mol. The fourth-order valence-corrected chi connectivity index (χ4v) is 4.18.